The second-order valence-corrected chi connectivity index (χ2v) is 3.78. The topological polar surface area (TPSA) is 35.8 Å². The molecule has 0 saturated carbocycles. The first-order chi connectivity index (χ1) is 7.17. The Morgan fingerprint density at radius 2 is 2.40 bits per heavy atom. The molecular formula is C12H13ClN2. The van der Waals surface area contributed by atoms with Crippen molar-refractivity contribution in [3.63, 3.8) is 0 Å². The summed E-state index contributed by atoms with van der Waals surface area (Å²) in [7, 11) is 0. The predicted octanol–water partition coefficient (Wildman–Crippen LogP) is 3.59. The third kappa shape index (κ3) is 3.30. The van der Waals surface area contributed by atoms with Gasteiger partial charge in [0.2, 0.25) is 0 Å². The number of nitriles is 1. The third-order valence-electron chi connectivity index (χ3n) is 2.02. The van der Waals surface area contributed by atoms with E-state index in [2.05, 4.69) is 18.8 Å². The van der Waals surface area contributed by atoms with Crippen LogP contribution in [0.4, 0.5) is 5.69 Å². The molecule has 0 saturated heterocycles. The molecule has 0 fully saturated rings. The number of halogens is 1. The standard InChI is InChI=1S/C12H13ClN2/c1-3-4-9(2)15-12-6-5-10(8-14)7-11(12)13/h3,5-7,9,15H,1,4H2,2H3. The van der Waals surface area contributed by atoms with E-state index in [-0.39, 0.29) is 6.04 Å². The summed E-state index contributed by atoms with van der Waals surface area (Å²) in [6, 6.07) is 7.55. The van der Waals surface area contributed by atoms with E-state index >= 15 is 0 Å². The highest BCUT2D eigenvalue weighted by molar-refractivity contribution is 6.33. The molecule has 0 aliphatic heterocycles. The van der Waals surface area contributed by atoms with Crippen LogP contribution in [0.5, 0.6) is 0 Å². The molecule has 0 radical (unpaired) electrons. The van der Waals surface area contributed by atoms with Gasteiger partial charge in [-0.15, -0.1) is 6.58 Å². The lowest BCUT2D eigenvalue weighted by molar-refractivity contribution is 0.814. The molecule has 1 atom stereocenters. The number of anilines is 1. The van der Waals surface area contributed by atoms with E-state index in [0.717, 1.165) is 12.1 Å². The maximum Gasteiger partial charge on any atom is 0.0992 e. The van der Waals surface area contributed by atoms with E-state index in [9.17, 15) is 0 Å². The quantitative estimate of drug-likeness (QED) is 0.788. The summed E-state index contributed by atoms with van der Waals surface area (Å²) >= 11 is 6.01. The van der Waals surface area contributed by atoms with Gasteiger partial charge in [-0.05, 0) is 31.5 Å². The third-order valence-corrected chi connectivity index (χ3v) is 2.33. The molecule has 2 nitrogen and oxygen atoms in total. The van der Waals surface area contributed by atoms with Crippen molar-refractivity contribution in [2.75, 3.05) is 5.32 Å². The van der Waals surface area contributed by atoms with E-state index in [1.807, 2.05) is 18.2 Å². The predicted molar refractivity (Wildman–Crippen MR) is 64.1 cm³/mol. The lowest BCUT2D eigenvalue weighted by Gasteiger charge is -2.14. The van der Waals surface area contributed by atoms with Crippen molar-refractivity contribution in [2.45, 2.75) is 19.4 Å². The van der Waals surface area contributed by atoms with Crippen molar-refractivity contribution >= 4 is 17.3 Å². The van der Waals surface area contributed by atoms with Crippen molar-refractivity contribution in [1.29, 1.82) is 5.26 Å². The molecule has 3 heteroatoms. The van der Waals surface area contributed by atoms with Crippen LogP contribution in [0.1, 0.15) is 18.9 Å². The Morgan fingerprint density at radius 3 is 2.93 bits per heavy atom. The van der Waals surface area contributed by atoms with Crippen LogP contribution in [-0.4, -0.2) is 6.04 Å². The summed E-state index contributed by atoms with van der Waals surface area (Å²) in [6.07, 6.45) is 2.73. The molecule has 1 aromatic carbocycles. The van der Waals surface area contributed by atoms with E-state index in [0.29, 0.717) is 10.6 Å². The van der Waals surface area contributed by atoms with E-state index in [1.54, 1.807) is 12.1 Å². The van der Waals surface area contributed by atoms with Crippen LogP contribution in [0.2, 0.25) is 5.02 Å². The Morgan fingerprint density at radius 1 is 1.67 bits per heavy atom. The zero-order valence-corrected chi connectivity index (χ0v) is 9.38. The van der Waals surface area contributed by atoms with E-state index in [4.69, 9.17) is 16.9 Å². The molecule has 0 heterocycles. The normalized spacial score (nSPS) is 11.5. The second kappa shape index (κ2) is 5.43. The van der Waals surface area contributed by atoms with E-state index in [1.165, 1.54) is 0 Å². The molecule has 15 heavy (non-hydrogen) atoms. The van der Waals surface area contributed by atoms with Crippen LogP contribution in [0.3, 0.4) is 0 Å². The fraction of sp³-hybridized carbons (Fsp3) is 0.250. The summed E-state index contributed by atoms with van der Waals surface area (Å²) in [5.41, 5.74) is 1.42. The average Bonchev–Trinajstić information content (AvgIpc) is 2.21. The van der Waals surface area contributed by atoms with Crippen molar-refractivity contribution in [1.82, 2.24) is 0 Å². The molecule has 0 aliphatic rings. The SMILES string of the molecule is C=CCC(C)Nc1ccc(C#N)cc1Cl. The molecule has 0 spiro atoms. The Kier molecular flexibility index (Phi) is 4.20. The van der Waals surface area contributed by atoms with Crippen LogP contribution in [-0.2, 0) is 0 Å². The Bertz CT molecular complexity index is 393. The minimum Gasteiger partial charge on any atom is -0.381 e. The number of hydrogen-bond donors (Lipinski definition) is 1. The molecule has 1 aromatic rings. The fourth-order valence-corrected chi connectivity index (χ4v) is 1.51. The van der Waals surface area contributed by atoms with Crippen LogP contribution in [0, 0.1) is 11.3 Å². The number of nitrogens with zero attached hydrogens (tertiary/aromatic N) is 1. The van der Waals surface area contributed by atoms with Gasteiger partial charge in [-0.1, -0.05) is 17.7 Å². The molecule has 0 aromatic heterocycles. The van der Waals surface area contributed by atoms with Crippen LogP contribution in [0.15, 0.2) is 30.9 Å². The highest BCUT2D eigenvalue weighted by atomic mass is 35.5. The molecule has 1 N–H and O–H groups in total. The Balaban J connectivity index is 2.79. The van der Waals surface area contributed by atoms with Gasteiger partial charge in [-0.2, -0.15) is 5.26 Å². The second-order valence-electron chi connectivity index (χ2n) is 3.38. The molecule has 1 rings (SSSR count). The van der Waals surface area contributed by atoms with Gasteiger partial charge in [0, 0.05) is 6.04 Å². The first-order valence-electron chi connectivity index (χ1n) is 4.74. The summed E-state index contributed by atoms with van der Waals surface area (Å²) < 4.78 is 0. The number of nitrogens with one attached hydrogen (secondary N) is 1. The van der Waals surface area contributed by atoms with Gasteiger partial charge in [0.1, 0.15) is 0 Å². The lowest BCUT2D eigenvalue weighted by atomic mass is 10.2. The Hall–Kier alpha value is -1.46. The highest BCUT2D eigenvalue weighted by Gasteiger charge is 2.04. The molecular weight excluding hydrogens is 208 g/mol. The van der Waals surface area contributed by atoms with Gasteiger partial charge >= 0.3 is 0 Å². The van der Waals surface area contributed by atoms with Gasteiger partial charge in [0.15, 0.2) is 0 Å². The van der Waals surface area contributed by atoms with Gasteiger partial charge in [0.05, 0.1) is 22.3 Å². The largest absolute Gasteiger partial charge is 0.381 e. The van der Waals surface area contributed by atoms with Crippen molar-refractivity contribution in [3.8, 4) is 6.07 Å². The first kappa shape index (κ1) is 11.6. The monoisotopic (exact) mass is 220 g/mol. The summed E-state index contributed by atoms with van der Waals surface area (Å²) in [5.74, 6) is 0. The first-order valence-corrected chi connectivity index (χ1v) is 5.12. The number of rotatable bonds is 4. The van der Waals surface area contributed by atoms with Crippen LogP contribution >= 0.6 is 11.6 Å². The Labute approximate surface area is 95.2 Å². The zero-order valence-electron chi connectivity index (χ0n) is 8.63. The van der Waals surface area contributed by atoms with E-state index < -0.39 is 0 Å². The van der Waals surface area contributed by atoms with Gasteiger partial charge in [-0.25, -0.2) is 0 Å². The molecule has 78 valence electrons. The minimum absolute atomic E-state index is 0.285. The summed E-state index contributed by atoms with van der Waals surface area (Å²) in [5, 5.41) is 12.5. The molecule has 0 amide bonds. The van der Waals surface area contributed by atoms with Gasteiger partial charge in [0.25, 0.3) is 0 Å². The van der Waals surface area contributed by atoms with Gasteiger partial charge in [-0.3, -0.25) is 0 Å². The zero-order chi connectivity index (χ0) is 11.3. The summed E-state index contributed by atoms with van der Waals surface area (Å²) in [6.45, 7) is 5.73. The number of hydrogen-bond acceptors (Lipinski definition) is 2. The highest BCUT2D eigenvalue weighted by Crippen LogP contribution is 2.23. The van der Waals surface area contributed by atoms with Crippen molar-refractivity contribution in [3.05, 3.63) is 41.4 Å². The van der Waals surface area contributed by atoms with Crippen LogP contribution < -0.4 is 5.32 Å². The maximum absolute atomic E-state index is 8.68. The van der Waals surface area contributed by atoms with Crippen LogP contribution in [0.25, 0.3) is 0 Å². The van der Waals surface area contributed by atoms with Crippen molar-refractivity contribution in [2.24, 2.45) is 0 Å². The summed E-state index contributed by atoms with van der Waals surface area (Å²) in [4.78, 5) is 0. The maximum atomic E-state index is 8.68. The minimum atomic E-state index is 0.285. The number of benzene rings is 1. The lowest BCUT2D eigenvalue weighted by Crippen LogP contribution is -2.13. The average molecular weight is 221 g/mol. The molecule has 0 aliphatic carbocycles. The fourth-order valence-electron chi connectivity index (χ4n) is 1.28. The smallest absolute Gasteiger partial charge is 0.0992 e. The van der Waals surface area contributed by atoms with Crippen molar-refractivity contribution < 1.29 is 0 Å². The molecule has 0 bridgehead atoms. The molecule has 1 unspecified atom stereocenters. The van der Waals surface area contributed by atoms with Gasteiger partial charge < -0.3 is 5.32 Å².